The summed E-state index contributed by atoms with van der Waals surface area (Å²) in [5, 5.41) is 6.14. The van der Waals surface area contributed by atoms with Gasteiger partial charge in [-0.05, 0) is 17.7 Å². The topological polar surface area (TPSA) is 39.7 Å². The molecule has 0 saturated carbocycles. The first-order valence-corrected chi connectivity index (χ1v) is 5.16. The quantitative estimate of drug-likeness (QED) is 0.477. The number of rotatable bonds is 3. The molecule has 5 heteroatoms. The van der Waals surface area contributed by atoms with Crippen molar-refractivity contribution in [3.8, 4) is 0 Å². The van der Waals surface area contributed by atoms with Crippen molar-refractivity contribution in [3.63, 3.8) is 0 Å². The maximum atomic E-state index is 5.77. The molecule has 16 heavy (non-hydrogen) atoms. The summed E-state index contributed by atoms with van der Waals surface area (Å²) in [5.74, 6) is 0. The highest BCUT2D eigenvalue weighted by Crippen LogP contribution is 2.02. The van der Waals surface area contributed by atoms with E-state index in [1.165, 1.54) is 0 Å². The monoisotopic (exact) mass is 234 g/mol. The first-order chi connectivity index (χ1) is 7.84. The van der Waals surface area contributed by atoms with Crippen molar-refractivity contribution in [1.29, 1.82) is 0 Å². The Kier molecular flexibility index (Phi) is 3.46. The molecule has 0 atom stereocenters. The van der Waals surface area contributed by atoms with E-state index < -0.39 is 0 Å². The fourth-order valence-corrected chi connectivity index (χ4v) is 1.33. The molecule has 4 nitrogen and oxygen atoms in total. The van der Waals surface area contributed by atoms with Gasteiger partial charge >= 0.3 is 0 Å². The zero-order valence-electron chi connectivity index (χ0n) is 8.47. The summed E-state index contributed by atoms with van der Waals surface area (Å²) in [6, 6.07) is 9.82. The third-order valence-corrected chi connectivity index (χ3v) is 2.09. The zero-order valence-corrected chi connectivity index (χ0v) is 9.22. The number of hydrogen-bond donors (Lipinski definition) is 2. The van der Waals surface area contributed by atoms with Crippen LogP contribution in [0.2, 0.25) is 0 Å². The highest BCUT2D eigenvalue weighted by atomic mass is 35.5. The first-order valence-electron chi connectivity index (χ1n) is 4.78. The second-order valence-electron chi connectivity index (χ2n) is 3.11. The third-order valence-electron chi connectivity index (χ3n) is 1.88. The number of benzene rings is 1. The molecule has 0 fully saturated rings. The summed E-state index contributed by atoms with van der Waals surface area (Å²) < 4.78 is 0. The van der Waals surface area contributed by atoms with Gasteiger partial charge in [-0.2, -0.15) is 15.8 Å². The van der Waals surface area contributed by atoms with Crippen molar-refractivity contribution in [1.82, 2.24) is 16.1 Å². The molecule has 0 aromatic heterocycles. The molecular weight excluding hydrogens is 224 g/mol. The van der Waals surface area contributed by atoms with Crippen molar-refractivity contribution in [2.75, 3.05) is 0 Å². The zero-order chi connectivity index (χ0) is 11.2. The van der Waals surface area contributed by atoms with Crippen LogP contribution in [0.3, 0.4) is 0 Å². The Hall–Kier alpha value is -1.94. The Morgan fingerprint density at radius 3 is 2.88 bits per heavy atom. The number of allylic oxidation sites excluding steroid dienone is 2. The van der Waals surface area contributed by atoms with Crippen LogP contribution in [0.5, 0.6) is 0 Å². The SMILES string of the molecule is ClC1=CC=CN(NN=Cc2ccccc2)N1. The van der Waals surface area contributed by atoms with Gasteiger partial charge in [0.25, 0.3) is 0 Å². The molecule has 0 bridgehead atoms. The second kappa shape index (κ2) is 5.23. The first kappa shape index (κ1) is 10.6. The summed E-state index contributed by atoms with van der Waals surface area (Å²) in [7, 11) is 0. The molecule has 0 radical (unpaired) electrons. The fraction of sp³-hybridized carbons (Fsp3) is 0. The number of hydrazine groups is 2. The molecule has 1 aromatic carbocycles. The highest BCUT2D eigenvalue weighted by molar-refractivity contribution is 6.29. The van der Waals surface area contributed by atoms with Crippen LogP contribution in [0.25, 0.3) is 0 Å². The molecule has 2 rings (SSSR count). The van der Waals surface area contributed by atoms with Crippen LogP contribution in [0.15, 0.2) is 58.9 Å². The van der Waals surface area contributed by atoms with E-state index in [0.29, 0.717) is 5.16 Å². The van der Waals surface area contributed by atoms with E-state index in [0.717, 1.165) is 5.56 Å². The normalized spacial score (nSPS) is 14.8. The van der Waals surface area contributed by atoms with E-state index >= 15 is 0 Å². The highest BCUT2D eigenvalue weighted by Gasteiger charge is 2.00. The van der Waals surface area contributed by atoms with Crippen molar-refractivity contribution >= 4 is 17.8 Å². The minimum atomic E-state index is 0.532. The average molecular weight is 235 g/mol. The van der Waals surface area contributed by atoms with Crippen LogP contribution >= 0.6 is 11.6 Å². The molecular formula is C11H11ClN4. The smallest absolute Gasteiger partial charge is 0.122 e. The van der Waals surface area contributed by atoms with Crippen LogP contribution in [-0.2, 0) is 0 Å². The lowest BCUT2D eigenvalue weighted by Crippen LogP contribution is -2.41. The molecule has 1 heterocycles. The van der Waals surface area contributed by atoms with Crippen molar-refractivity contribution in [2.24, 2.45) is 5.10 Å². The van der Waals surface area contributed by atoms with Gasteiger partial charge in [-0.15, -0.1) is 0 Å². The number of hydrazone groups is 1. The molecule has 0 spiro atoms. The minimum Gasteiger partial charge on any atom is -0.268 e. The van der Waals surface area contributed by atoms with Gasteiger partial charge in [-0.3, -0.25) is 5.43 Å². The Labute approximate surface area is 98.8 Å². The largest absolute Gasteiger partial charge is 0.268 e. The van der Waals surface area contributed by atoms with Gasteiger partial charge in [0.15, 0.2) is 0 Å². The summed E-state index contributed by atoms with van der Waals surface area (Å²) in [5.41, 5.74) is 6.66. The fourth-order valence-electron chi connectivity index (χ4n) is 1.17. The van der Waals surface area contributed by atoms with Gasteiger partial charge in [0.2, 0.25) is 0 Å². The van der Waals surface area contributed by atoms with E-state index in [4.69, 9.17) is 11.6 Å². The van der Waals surface area contributed by atoms with Gasteiger partial charge in [0.1, 0.15) is 5.16 Å². The molecule has 1 aliphatic rings. The minimum absolute atomic E-state index is 0.532. The molecule has 1 aromatic rings. The van der Waals surface area contributed by atoms with Crippen LogP contribution in [0, 0.1) is 0 Å². The molecule has 82 valence electrons. The lowest BCUT2D eigenvalue weighted by Gasteiger charge is -2.22. The maximum Gasteiger partial charge on any atom is 0.122 e. The van der Waals surface area contributed by atoms with Crippen molar-refractivity contribution in [3.05, 3.63) is 59.4 Å². The Balaban J connectivity index is 1.86. The number of nitrogens with one attached hydrogen (secondary N) is 2. The molecule has 0 unspecified atom stereocenters. The van der Waals surface area contributed by atoms with E-state index in [2.05, 4.69) is 16.1 Å². The summed E-state index contributed by atoms with van der Waals surface area (Å²) in [4.78, 5) is 0. The van der Waals surface area contributed by atoms with Gasteiger partial charge in [0, 0.05) is 6.20 Å². The van der Waals surface area contributed by atoms with Gasteiger partial charge < -0.3 is 0 Å². The van der Waals surface area contributed by atoms with Crippen molar-refractivity contribution < 1.29 is 0 Å². The molecule has 0 amide bonds. The predicted octanol–water partition coefficient (Wildman–Crippen LogP) is 1.94. The number of nitrogens with zero attached hydrogens (tertiary/aromatic N) is 2. The van der Waals surface area contributed by atoms with E-state index in [-0.39, 0.29) is 0 Å². The molecule has 2 N–H and O–H groups in total. The number of hydrogen-bond acceptors (Lipinski definition) is 4. The lowest BCUT2D eigenvalue weighted by molar-refractivity contribution is 0.219. The van der Waals surface area contributed by atoms with E-state index in [9.17, 15) is 0 Å². The molecule has 1 aliphatic heterocycles. The van der Waals surface area contributed by atoms with Gasteiger partial charge in [0.05, 0.1) is 6.21 Å². The maximum absolute atomic E-state index is 5.77. The Morgan fingerprint density at radius 2 is 2.12 bits per heavy atom. The summed E-state index contributed by atoms with van der Waals surface area (Å²) in [6.45, 7) is 0. The lowest BCUT2D eigenvalue weighted by atomic mass is 10.2. The van der Waals surface area contributed by atoms with E-state index in [1.807, 2.05) is 36.4 Å². The Morgan fingerprint density at radius 1 is 1.31 bits per heavy atom. The van der Waals surface area contributed by atoms with Crippen LogP contribution in [0.4, 0.5) is 0 Å². The second-order valence-corrected chi connectivity index (χ2v) is 3.51. The Bertz CT molecular complexity index is 425. The van der Waals surface area contributed by atoms with Crippen LogP contribution < -0.4 is 11.0 Å². The number of halogens is 1. The molecule has 0 saturated heterocycles. The third kappa shape index (κ3) is 3.03. The van der Waals surface area contributed by atoms with Crippen molar-refractivity contribution in [2.45, 2.75) is 0 Å². The van der Waals surface area contributed by atoms with Crippen LogP contribution in [-0.4, -0.2) is 11.3 Å². The standard InChI is InChI=1S/C11H11ClN4/c12-11-7-4-8-16(14-11)15-13-9-10-5-2-1-3-6-10/h1-9,14-15H. The van der Waals surface area contributed by atoms with E-state index in [1.54, 1.807) is 23.6 Å². The predicted molar refractivity (Wildman–Crippen MR) is 65.2 cm³/mol. The van der Waals surface area contributed by atoms with Gasteiger partial charge in [-0.25, -0.2) is 0 Å². The van der Waals surface area contributed by atoms with Crippen LogP contribution in [0.1, 0.15) is 5.56 Å². The molecule has 0 aliphatic carbocycles. The summed E-state index contributed by atoms with van der Waals surface area (Å²) >= 11 is 5.77. The summed E-state index contributed by atoms with van der Waals surface area (Å²) in [6.07, 6.45) is 7.06. The van der Waals surface area contributed by atoms with Gasteiger partial charge in [-0.1, -0.05) is 41.9 Å². The average Bonchev–Trinajstić information content (AvgIpc) is 2.30.